The third kappa shape index (κ3) is 1.93. The lowest BCUT2D eigenvalue weighted by atomic mass is 10.2. The summed E-state index contributed by atoms with van der Waals surface area (Å²) in [4.78, 5) is 12.4. The minimum absolute atomic E-state index is 0.00173. The van der Waals surface area contributed by atoms with Crippen LogP contribution in [0.2, 0.25) is 13.1 Å². The number of carbonyl (C=O) groups excluding carboxylic acids is 1. The maximum atomic E-state index is 12.4. The normalized spacial score (nSPS) is 15.6. The lowest BCUT2D eigenvalue weighted by Gasteiger charge is -2.23. The Hall–Kier alpha value is -1.41. The van der Waals surface area contributed by atoms with Gasteiger partial charge in [-0.3, -0.25) is 0 Å². The SMILES string of the molecule is C[Si](C)(C(=O)C1C=CC=C1)c1ccccc1. The van der Waals surface area contributed by atoms with Gasteiger partial charge in [0, 0.05) is 5.92 Å². The van der Waals surface area contributed by atoms with Gasteiger partial charge in [0.25, 0.3) is 0 Å². The molecular formula is C14H16OSi. The van der Waals surface area contributed by atoms with Crippen molar-refractivity contribution >= 4 is 18.7 Å². The van der Waals surface area contributed by atoms with Crippen molar-refractivity contribution in [1.82, 2.24) is 0 Å². The zero-order chi connectivity index (χ0) is 11.6. The van der Waals surface area contributed by atoms with E-state index in [0.29, 0.717) is 5.41 Å². The van der Waals surface area contributed by atoms with Crippen molar-refractivity contribution in [3.63, 3.8) is 0 Å². The first kappa shape index (κ1) is 11.1. The van der Waals surface area contributed by atoms with Gasteiger partial charge in [-0.25, -0.2) is 0 Å². The van der Waals surface area contributed by atoms with Crippen LogP contribution in [-0.4, -0.2) is 13.5 Å². The molecule has 0 heterocycles. The zero-order valence-corrected chi connectivity index (χ0v) is 10.7. The second kappa shape index (κ2) is 4.22. The lowest BCUT2D eigenvalue weighted by Crippen LogP contribution is -2.51. The van der Waals surface area contributed by atoms with E-state index in [4.69, 9.17) is 0 Å². The van der Waals surface area contributed by atoms with Crippen molar-refractivity contribution in [2.45, 2.75) is 13.1 Å². The summed E-state index contributed by atoms with van der Waals surface area (Å²) in [6.07, 6.45) is 7.89. The van der Waals surface area contributed by atoms with Crippen LogP contribution in [0.4, 0.5) is 0 Å². The molecule has 1 aromatic carbocycles. The van der Waals surface area contributed by atoms with Crippen molar-refractivity contribution < 1.29 is 4.79 Å². The molecule has 0 radical (unpaired) electrons. The largest absolute Gasteiger partial charge is 0.304 e. The Labute approximate surface area is 97.5 Å². The van der Waals surface area contributed by atoms with E-state index in [1.807, 2.05) is 42.5 Å². The standard InChI is InChI=1S/C14H16OSi/c1-16(2,13-10-4-3-5-11-13)14(15)12-8-6-7-9-12/h3-12H,1-2H3. The molecule has 0 spiro atoms. The molecule has 0 N–H and O–H groups in total. The lowest BCUT2D eigenvalue weighted by molar-refractivity contribution is -0.113. The highest BCUT2D eigenvalue weighted by molar-refractivity contribution is 7.13. The second-order valence-corrected chi connectivity index (χ2v) is 8.97. The minimum atomic E-state index is -1.99. The number of benzene rings is 1. The van der Waals surface area contributed by atoms with Crippen LogP contribution < -0.4 is 5.19 Å². The van der Waals surface area contributed by atoms with E-state index in [2.05, 4.69) is 25.2 Å². The van der Waals surface area contributed by atoms with Gasteiger partial charge in [0.1, 0.15) is 5.41 Å². The Kier molecular flexibility index (Phi) is 2.92. The van der Waals surface area contributed by atoms with E-state index < -0.39 is 8.07 Å². The molecule has 0 saturated heterocycles. The number of carbonyl (C=O) groups is 1. The molecule has 1 aliphatic carbocycles. The maximum absolute atomic E-state index is 12.4. The highest BCUT2D eigenvalue weighted by atomic mass is 28.3. The Morgan fingerprint density at radius 2 is 1.62 bits per heavy atom. The van der Waals surface area contributed by atoms with Crippen molar-refractivity contribution in [3.8, 4) is 0 Å². The van der Waals surface area contributed by atoms with Crippen LogP contribution in [0.1, 0.15) is 0 Å². The van der Waals surface area contributed by atoms with Crippen LogP contribution >= 0.6 is 0 Å². The first-order valence-corrected chi connectivity index (χ1v) is 8.57. The highest BCUT2D eigenvalue weighted by Gasteiger charge is 2.35. The van der Waals surface area contributed by atoms with Crippen molar-refractivity contribution in [2.75, 3.05) is 0 Å². The Balaban J connectivity index is 2.28. The highest BCUT2D eigenvalue weighted by Crippen LogP contribution is 2.17. The summed E-state index contributed by atoms with van der Waals surface area (Å²) in [5.41, 5.74) is 0. The summed E-state index contributed by atoms with van der Waals surface area (Å²) in [5, 5.41) is 1.61. The van der Waals surface area contributed by atoms with Gasteiger partial charge >= 0.3 is 0 Å². The molecule has 0 amide bonds. The number of allylic oxidation sites excluding steroid dienone is 4. The molecule has 1 nitrogen and oxygen atoms in total. The van der Waals surface area contributed by atoms with Crippen LogP contribution in [0, 0.1) is 5.92 Å². The first-order chi connectivity index (χ1) is 7.62. The molecule has 0 unspecified atom stereocenters. The van der Waals surface area contributed by atoms with Gasteiger partial charge in [-0.2, -0.15) is 0 Å². The van der Waals surface area contributed by atoms with E-state index in [1.165, 1.54) is 5.19 Å². The van der Waals surface area contributed by atoms with E-state index in [1.54, 1.807) is 0 Å². The molecule has 1 aliphatic rings. The third-order valence-corrected chi connectivity index (χ3v) is 6.50. The quantitative estimate of drug-likeness (QED) is 0.726. The molecule has 82 valence electrons. The summed E-state index contributed by atoms with van der Waals surface area (Å²) in [6.45, 7) is 4.26. The number of rotatable bonds is 3. The molecule has 1 aromatic rings. The summed E-state index contributed by atoms with van der Waals surface area (Å²) < 4.78 is 0. The second-order valence-electron chi connectivity index (χ2n) is 4.65. The van der Waals surface area contributed by atoms with Gasteiger partial charge in [0.2, 0.25) is 0 Å². The van der Waals surface area contributed by atoms with Gasteiger partial charge in [0.15, 0.2) is 8.07 Å². The van der Waals surface area contributed by atoms with Gasteiger partial charge in [-0.15, -0.1) is 0 Å². The van der Waals surface area contributed by atoms with Crippen molar-refractivity contribution in [1.29, 1.82) is 0 Å². The van der Waals surface area contributed by atoms with E-state index in [0.717, 1.165) is 0 Å². The van der Waals surface area contributed by atoms with E-state index in [-0.39, 0.29) is 5.92 Å². The minimum Gasteiger partial charge on any atom is -0.304 e. The number of hydrogen-bond donors (Lipinski definition) is 0. The van der Waals surface area contributed by atoms with E-state index >= 15 is 0 Å². The summed E-state index contributed by atoms with van der Waals surface area (Å²) in [7, 11) is -1.99. The van der Waals surface area contributed by atoms with Gasteiger partial charge < -0.3 is 4.79 Å². The molecular weight excluding hydrogens is 212 g/mol. The van der Waals surface area contributed by atoms with Gasteiger partial charge in [-0.1, -0.05) is 72.9 Å². The topological polar surface area (TPSA) is 17.1 Å². The van der Waals surface area contributed by atoms with E-state index in [9.17, 15) is 4.79 Å². The number of hydrogen-bond acceptors (Lipinski definition) is 1. The fourth-order valence-electron chi connectivity index (χ4n) is 2.02. The average Bonchev–Trinajstić information content (AvgIpc) is 2.82. The van der Waals surface area contributed by atoms with Crippen LogP contribution in [0.5, 0.6) is 0 Å². The molecule has 0 aliphatic heterocycles. The summed E-state index contributed by atoms with van der Waals surface area (Å²) >= 11 is 0. The molecule has 2 rings (SSSR count). The Bertz CT molecular complexity index is 431. The summed E-state index contributed by atoms with van der Waals surface area (Å²) in [6, 6.07) is 10.2. The molecule has 16 heavy (non-hydrogen) atoms. The Morgan fingerprint density at radius 3 is 2.19 bits per heavy atom. The van der Waals surface area contributed by atoms with Crippen LogP contribution in [0.3, 0.4) is 0 Å². The zero-order valence-electron chi connectivity index (χ0n) is 9.68. The van der Waals surface area contributed by atoms with Crippen molar-refractivity contribution in [2.24, 2.45) is 5.92 Å². The molecule has 0 bridgehead atoms. The van der Waals surface area contributed by atoms with Crippen LogP contribution in [0.15, 0.2) is 54.6 Å². The van der Waals surface area contributed by atoms with Crippen LogP contribution in [0.25, 0.3) is 0 Å². The molecule has 2 heteroatoms. The predicted molar refractivity (Wildman–Crippen MR) is 70.3 cm³/mol. The van der Waals surface area contributed by atoms with Crippen molar-refractivity contribution in [3.05, 3.63) is 54.6 Å². The molecule has 0 saturated carbocycles. The third-order valence-electron chi connectivity index (χ3n) is 3.16. The molecule has 0 atom stereocenters. The Morgan fingerprint density at radius 1 is 1.06 bits per heavy atom. The monoisotopic (exact) mass is 228 g/mol. The first-order valence-electron chi connectivity index (χ1n) is 5.57. The van der Waals surface area contributed by atoms with Crippen LogP contribution in [-0.2, 0) is 4.79 Å². The summed E-state index contributed by atoms with van der Waals surface area (Å²) in [5.74, 6) is 0.00173. The van der Waals surface area contributed by atoms with Gasteiger partial charge in [0.05, 0.1) is 0 Å². The predicted octanol–water partition coefficient (Wildman–Crippen LogP) is 2.45. The fraction of sp³-hybridized carbons (Fsp3) is 0.214. The van der Waals surface area contributed by atoms with Gasteiger partial charge in [-0.05, 0) is 0 Å². The molecule has 0 aromatic heterocycles. The molecule has 0 fully saturated rings. The fourth-order valence-corrected chi connectivity index (χ4v) is 4.36. The maximum Gasteiger partial charge on any atom is 0.158 e. The smallest absolute Gasteiger partial charge is 0.158 e. The average molecular weight is 228 g/mol.